The first-order valence-electron chi connectivity index (χ1n) is 19.9. The van der Waals surface area contributed by atoms with Crippen molar-refractivity contribution >= 4 is 39.5 Å². The van der Waals surface area contributed by atoms with E-state index < -0.39 is 18.6 Å². The van der Waals surface area contributed by atoms with Gasteiger partial charge in [0.2, 0.25) is 11.6 Å². The number of likely N-dealkylation sites (tertiary alicyclic amines) is 1. The predicted octanol–water partition coefficient (Wildman–Crippen LogP) is 8.01. The van der Waals surface area contributed by atoms with Gasteiger partial charge in [0.05, 0.1) is 35.8 Å². The van der Waals surface area contributed by atoms with Crippen molar-refractivity contribution in [2.24, 2.45) is 5.92 Å². The molecule has 14 heteroatoms. The Balaban J connectivity index is 1.03. The number of aromatic nitrogens is 4. The van der Waals surface area contributed by atoms with E-state index in [1.807, 2.05) is 30.3 Å². The number of Topliss-reactive ketones (excluding diaryl/α,β-unsaturated/α-hetero) is 1. The molecule has 6 aromatic rings. The highest BCUT2D eigenvalue weighted by atomic mass is 19.4. The lowest BCUT2D eigenvalue weighted by Gasteiger charge is -2.38. The van der Waals surface area contributed by atoms with Gasteiger partial charge in [0, 0.05) is 36.5 Å². The Morgan fingerprint density at radius 2 is 1.64 bits per heavy atom. The number of halogens is 3. The van der Waals surface area contributed by atoms with Gasteiger partial charge in [-0.15, -0.1) is 0 Å². The van der Waals surface area contributed by atoms with Crippen molar-refractivity contribution in [1.29, 1.82) is 0 Å². The van der Waals surface area contributed by atoms with Gasteiger partial charge < -0.3 is 29.2 Å². The fraction of sp³-hybridized carbons (Fsp3) is 0.356. The first-order valence-corrected chi connectivity index (χ1v) is 19.9. The lowest BCUT2D eigenvalue weighted by Crippen LogP contribution is -2.44. The van der Waals surface area contributed by atoms with Crippen molar-refractivity contribution in [2.45, 2.75) is 57.3 Å². The monoisotopic (exact) mass is 808 g/mol. The Morgan fingerprint density at radius 1 is 0.915 bits per heavy atom. The molecule has 308 valence electrons. The number of aromatic amines is 1. The summed E-state index contributed by atoms with van der Waals surface area (Å²) >= 11 is 0. The van der Waals surface area contributed by atoms with E-state index in [2.05, 4.69) is 44.2 Å². The number of methoxy groups -OCH3 is 1. The SMILES string of the molecule is CCC(CC(CNC(=O)c1ccccc1)c1ccc(OC)cc1)N1CCC(C(=O)c2nc3c(C(=O)c4nc5ccccc5n4CCOCC(F)(F)F)cccc3[nH]2)CC1. The lowest BCUT2D eigenvalue weighted by molar-refractivity contribution is -0.174. The Bertz CT molecular complexity index is 2390. The highest BCUT2D eigenvalue weighted by molar-refractivity contribution is 6.15. The van der Waals surface area contributed by atoms with E-state index in [0.29, 0.717) is 60.1 Å². The van der Waals surface area contributed by atoms with Crippen molar-refractivity contribution < 1.29 is 37.0 Å². The van der Waals surface area contributed by atoms with Crippen LogP contribution in [-0.2, 0) is 11.3 Å². The smallest absolute Gasteiger partial charge is 0.411 e. The summed E-state index contributed by atoms with van der Waals surface area (Å²) in [5.41, 5.74) is 3.87. The molecule has 2 atom stereocenters. The first-order chi connectivity index (χ1) is 28.5. The second kappa shape index (κ2) is 18.4. The number of rotatable bonds is 17. The molecule has 59 heavy (non-hydrogen) atoms. The number of carbonyl (C=O) groups is 3. The van der Waals surface area contributed by atoms with Gasteiger partial charge in [-0.25, -0.2) is 9.97 Å². The number of nitrogens with zero attached hydrogens (tertiary/aromatic N) is 4. The van der Waals surface area contributed by atoms with Crippen molar-refractivity contribution in [2.75, 3.05) is 40.0 Å². The minimum atomic E-state index is -4.47. The standard InChI is InChI=1S/C45H47F3N6O5/c1-3-33(26-32(29-16-18-34(58-2)19-17-29)27-49-44(57)31-10-5-4-6-11-31)53-22-20-30(21-23-53)40(55)42-50-37-14-9-12-35(39(37)52-42)41(56)43-51-36-13-7-8-15-38(36)54(43)24-25-59-28-45(46,47)48/h4-19,30,32-33H,3,20-28H2,1-2H3,(H,49,57)(H,50,52). The third kappa shape index (κ3) is 9.72. The molecule has 1 fully saturated rings. The summed E-state index contributed by atoms with van der Waals surface area (Å²) in [6.45, 7) is 2.37. The largest absolute Gasteiger partial charge is 0.497 e. The predicted molar refractivity (Wildman–Crippen MR) is 218 cm³/mol. The number of benzene rings is 4. The molecule has 2 N–H and O–H groups in total. The van der Waals surface area contributed by atoms with Crippen LogP contribution in [0.2, 0.25) is 0 Å². The molecule has 11 nitrogen and oxygen atoms in total. The molecule has 1 aliphatic heterocycles. The summed E-state index contributed by atoms with van der Waals surface area (Å²) in [6, 6.07) is 29.4. The number of ketones is 2. The zero-order valence-corrected chi connectivity index (χ0v) is 33.0. The molecule has 3 heterocycles. The molecule has 0 aliphatic carbocycles. The third-order valence-corrected chi connectivity index (χ3v) is 11.2. The number of nitrogens with one attached hydrogen (secondary N) is 2. The number of ether oxygens (including phenoxy) is 2. The number of amides is 1. The number of imidazole rings is 2. The molecular weight excluding hydrogens is 762 g/mol. The van der Waals surface area contributed by atoms with Gasteiger partial charge in [0.1, 0.15) is 17.9 Å². The summed E-state index contributed by atoms with van der Waals surface area (Å²) in [5, 5.41) is 3.14. The molecule has 4 aromatic carbocycles. The van der Waals surface area contributed by atoms with E-state index in [4.69, 9.17) is 9.47 Å². The van der Waals surface area contributed by atoms with Crippen LogP contribution in [0.1, 0.15) is 81.2 Å². The number of carbonyl (C=O) groups excluding carboxylic acids is 3. The molecule has 0 bridgehead atoms. The molecular formula is C45H47F3N6O5. The minimum Gasteiger partial charge on any atom is -0.497 e. The van der Waals surface area contributed by atoms with Gasteiger partial charge in [-0.3, -0.25) is 14.4 Å². The Labute approximate surface area is 339 Å². The average molecular weight is 809 g/mol. The molecule has 0 saturated carbocycles. The molecule has 1 aliphatic rings. The third-order valence-electron chi connectivity index (χ3n) is 11.2. The van der Waals surface area contributed by atoms with Crippen molar-refractivity contribution in [1.82, 2.24) is 29.7 Å². The lowest BCUT2D eigenvalue weighted by atomic mass is 9.87. The van der Waals surface area contributed by atoms with Crippen molar-refractivity contribution in [3.8, 4) is 5.75 Å². The van der Waals surface area contributed by atoms with Gasteiger partial charge in [-0.05, 0) is 92.9 Å². The van der Waals surface area contributed by atoms with Gasteiger partial charge in [0.25, 0.3) is 5.91 Å². The Hall–Kier alpha value is -5.86. The number of para-hydroxylation sites is 3. The number of hydrogen-bond acceptors (Lipinski definition) is 8. The highest BCUT2D eigenvalue weighted by Crippen LogP contribution is 2.31. The molecule has 0 radical (unpaired) electrons. The Morgan fingerprint density at radius 3 is 2.36 bits per heavy atom. The number of alkyl halides is 3. The average Bonchev–Trinajstić information content (AvgIpc) is 3.87. The molecule has 1 amide bonds. The zero-order valence-electron chi connectivity index (χ0n) is 33.0. The van der Waals surface area contributed by atoms with Crippen LogP contribution in [0, 0.1) is 5.92 Å². The van der Waals surface area contributed by atoms with Crippen LogP contribution >= 0.6 is 0 Å². The van der Waals surface area contributed by atoms with Gasteiger partial charge in [-0.2, -0.15) is 13.2 Å². The summed E-state index contributed by atoms with van der Waals surface area (Å²) in [5.74, 6) is 0.0351. The maximum Gasteiger partial charge on any atom is 0.411 e. The van der Waals surface area contributed by atoms with Gasteiger partial charge >= 0.3 is 6.18 Å². The quantitative estimate of drug-likeness (QED) is 0.0701. The molecule has 7 rings (SSSR count). The second-order valence-corrected chi connectivity index (χ2v) is 14.9. The van der Waals surface area contributed by atoms with Crippen molar-refractivity contribution in [3.05, 3.63) is 125 Å². The van der Waals surface area contributed by atoms with Crippen LogP contribution in [0.4, 0.5) is 13.2 Å². The number of piperidine rings is 1. The van der Waals surface area contributed by atoms with E-state index in [9.17, 15) is 27.6 Å². The maximum absolute atomic E-state index is 14.1. The summed E-state index contributed by atoms with van der Waals surface area (Å²) in [6.07, 6.45) is -1.49. The Kier molecular flexibility index (Phi) is 12.9. The van der Waals surface area contributed by atoms with Crippen LogP contribution in [-0.4, -0.2) is 94.1 Å². The van der Waals surface area contributed by atoms with E-state index in [1.165, 1.54) is 0 Å². The van der Waals surface area contributed by atoms with Gasteiger partial charge in [-0.1, -0.05) is 55.5 Å². The van der Waals surface area contributed by atoms with Gasteiger partial charge in [0.15, 0.2) is 11.6 Å². The normalized spacial score (nSPS) is 15.0. The van der Waals surface area contributed by atoms with E-state index in [1.54, 1.807) is 66.3 Å². The van der Waals surface area contributed by atoms with Crippen molar-refractivity contribution in [3.63, 3.8) is 0 Å². The minimum absolute atomic E-state index is 0.0253. The maximum atomic E-state index is 14.1. The summed E-state index contributed by atoms with van der Waals surface area (Å²) in [7, 11) is 1.63. The zero-order chi connectivity index (χ0) is 41.5. The van der Waals surface area contributed by atoms with Crippen LogP contribution in [0.3, 0.4) is 0 Å². The van der Waals surface area contributed by atoms with E-state index in [-0.39, 0.29) is 59.9 Å². The number of H-pyrrole nitrogens is 1. The van der Waals surface area contributed by atoms with Crippen LogP contribution < -0.4 is 10.1 Å². The number of fused-ring (bicyclic) bond motifs is 2. The molecule has 2 unspecified atom stereocenters. The second-order valence-electron chi connectivity index (χ2n) is 14.9. The number of hydrogen-bond donors (Lipinski definition) is 2. The molecule has 0 spiro atoms. The fourth-order valence-electron chi connectivity index (χ4n) is 8.01. The van der Waals surface area contributed by atoms with Crippen LogP contribution in [0.15, 0.2) is 97.1 Å². The summed E-state index contributed by atoms with van der Waals surface area (Å²) in [4.78, 5) is 55.9. The topological polar surface area (TPSA) is 131 Å². The highest BCUT2D eigenvalue weighted by Gasteiger charge is 2.33. The summed E-state index contributed by atoms with van der Waals surface area (Å²) < 4.78 is 50.0. The molecule has 2 aromatic heterocycles. The first kappa shape index (κ1) is 41.3. The van der Waals surface area contributed by atoms with E-state index >= 15 is 0 Å². The fourth-order valence-corrected chi connectivity index (χ4v) is 8.01. The van der Waals surface area contributed by atoms with Crippen LogP contribution in [0.5, 0.6) is 5.75 Å². The van der Waals surface area contributed by atoms with E-state index in [0.717, 1.165) is 24.2 Å². The van der Waals surface area contributed by atoms with Crippen LogP contribution in [0.25, 0.3) is 22.1 Å². The molecule has 1 saturated heterocycles.